The Kier molecular flexibility index (Phi) is 6.43. The van der Waals surface area contributed by atoms with E-state index in [1.54, 1.807) is 18.3 Å². The topological polar surface area (TPSA) is 88.4 Å². The average molecular weight is 458 g/mol. The van der Waals surface area contributed by atoms with Gasteiger partial charge in [0, 0.05) is 43.9 Å². The number of carboxylic acids is 1. The average Bonchev–Trinajstić information content (AvgIpc) is 2.79. The zero-order valence-electron chi connectivity index (χ0n) is 17.5. The molecule has 3 aromatic rings. The molecule has 0 bridgehead atoms. The van der Waals surface area contributed by atoms with Crippen LogP contribution in [0.25, 0.3) is 11.3 Å². The highest BCUT2D eigenvalue weighted by molar-refractivity contribution is 5.71. The van der Waals surface area contributed by atoms with Gasteiger partial charge in [-0.3, -0.25) is 9.78 Å². The van der Waals surface area contributed by atoms with Gasteiger partial charge in [0.25, 0.3) is 0 Å². The monoisotopic (exact) mass is 458 g/mol. The summed E-state index contributed by atoms with van der Waals surface area (Å²) in [4.78, 5) is 17.0. The number of nitrogens with zero attached hydrogens (tertiary/aromatic N) is 4. The molecule has 1 fully saturated rings. The van der Waals surface area contributed by atoms with Crippen molar-refractivity contribution < 1.29 is 27.8 Å². The lowest BCUT2D eigenvalue weighted by Crippen LogP contribution is -2.39. The molecule has 0 radical (unpaired) electrons. The van der Waals surface area contributed by atoms with Crippen LogP contribution in [0.2, 0.25) is 0 Å². The molecule has 7 nitrogen and oxygen atoms in total. The molecule has 0 saturated carbocycles. The first-order valence-electron chi connectivity index (χ1n) is 10.4. The minimum Gasteiger partial charge on any atom is -0.490 e. The molecule has 2 aromatic heterocycles. The summed E-state index contributed by atoms with van der Waals surface area (Å²) in [5.74, 6) is -0.432. The summed E-state index contributed by atoms with van der Waals surface area (Å²) in [7, 11) is 0. The van der Waals surface area contributed by atoms with E-state index in [1.807, 2.05) is 11.0 Å². The number of hydrogen-bond donors (Lipinski definition) is 1. The van der Waals surface area contributed by atoms with Gasteiger partial charge in [-0.05, 0) is 35.9 Å². The molecule has 0 amide bonds. The second-order valence-corrected chi connectivity index (χ2v) is 7.73. The normalized spacial score (nSPS) is 14.8. The van der Waals surface area contributed by atoms with Crippen LogP contribution in [0, 0.1) is 0 Å². The minimum atomic E-state index is -4.46. The molecule has 4 rings (SSSR count). The van der Waals surface area contributed by atoms with Gasteiger partial charge in [0.05, 0.1) is 17.7 Å². The third-order valence-corrected chi connectivity index (χ3v) is 5.35. The third kappa shape index (κ3) is 5.57. The van der Waals surface area contributed by atoms with Crippen molar-refractivity contribution in [2.24, 2.45) is 0 Å². The molecule has 33 heavy (non-hydrogen) atoms. The van der Waals surface area contributed by atoms with Crippen LogP contribution in [0.5, 0.6) is 5.75 Å². The fraction of sp³-hybridized carbons (Fsp3) is 0.304. The zero-order chi connectivity index (χ0) is 23.4. The van der Waals surface area contributed by atoms with Gasteiger partial charge in [0.1, 0.15) is 11.9 Å². The van der Waals surface area contributed by atoms with E-state index in [1.165, 1.54) is 24.4 Å². The maximum atomic E-state index is 13.2. The van der Waals surface area contributed by atoms with Gasteiger partial charge in [-0.25, -0.2) is 0 Å². The van der Waals surface area contributed by atoms with Crippen molar-refractivity contribution in [2.75, 3.05) is 18.0 Å². The lowest BCUT2D eigenvalue weighted by atomic mass is 10.1. The molecule has 1 aliphatic rings. The van der Waals surface area contributed by atoms with Crippen LogP contribution in [0.4, 0.5) is 19.0 Å². The lowest BCUT2D eigenvalue weighted by molar-refractivity contribution is -0.139. The fourth-order valence-electron chi connectivity index (χ4n) is 3.73. The lowest BCUT2D eigenvalue weighted by Gasteiger charge is -2.33. The standard InChI is InChI=1S/C23H21F3N4O3/c24-23(25,26)18-3-1-2-4-20(18)33-17-7-9-30(10-8-17)21-6-5-19(28-29-21)16-11-15(12-22(31)32)13-27-14-16/h1-6,11,13-14,17H,7-10,12H2,(H,31,32). The van der Waals surface area contributed by atoms with Crippen LogP contribution in [-0.2, 0) is 17.4 Å². The van der Waals surface area contributed by atoms with E-state index < -0.39 is 17.7 Å². The van der Waals surface area contributed by atoms with Crippen molar-refractivity contribution in [2.45, 2.75) is 31.5 Å². The Morgan fingerprint density at radius 3 is 2.52 bits per heavy atom. The van der Waals surface area contributed by atoms with Crippen molar-refractivity contribution >= 4 is 11.8 Å². The second kappa shape index (κ2) is 9.43. The Hall–Kier alpha value is -3.69. The fourth-order valence-corrected chi connectivity index (χ4v) is 3.73. The van der Waals surface area contributed by atoms with Gasteiger partial charge >= 0.3 is 12.1 Å². The van der Waals surface area contributed by atoms with Crippen molar-refractivity contribution in [1.82, 2.24) is 15.2 Å². The van der Waals surface area contributed by atoms with E-state index in [-0.39, 0.29) is 18.3 Å². The largest absolute Gasteiger partial charge is 0.490 e. The number of hydrogen-bond acceptors (Lipinski definition) is 6. The molecule has 1 aromatic carbocycles. The van der Waals surface area contributed by atoms with Crippen molar-refractivity contribution in [3.8, 4) is 17.0 Å². The first-order chi connectivity index (χ1) is 15.8. The predicted octanol–water partition coefficient (Wildman–Crippen LogP) is 4.23. The Balaban J connectivity index is 1.38. The summed E-state index contributed by atoms with van der Waals surface area (Å²) >= 11 is 0. The van der Waals surface area contributed by atoms with Crippen LogP contribution in [0.3, 0.4) is 0 Å². The molecule has 0 aliphatic carbocycles. The Labute approximate surface area is 187 Å². The number of carboxylic acid groups (broad SMARTS) is 1. The molecular formula is C23H21F3N4O3. The van der Waals surface area contributed by atoms with Gasteiger partial charge in [0.2, 0.25) is 0 Å². The quantitative estimate of drug-likeness (QED) is 0.591. The molecule has 0 spiro atoms. The number of anilines is 1. The molecule has 1 aliphatic heterocycles. The number of pyridine rings is 1. The number of benzene rings is 1. The number of alkyl halides is 3. The van der Waals surface area contributed by atoms with Gasteiger partial charge in [-0.1, -0.05) is 12.1 Å². The van der Waals surface area contributed by atoms with Gasteiger partial charge in [-0.15, -0.1) is 10.2 Å². The molecule has 1 N–H and O–H groups in total. The number of aliphatic carboxylic acids is 1. The predicted molar refractivity (Wildman–Crippen MR) is 114 cm³/mol. The van der Waals surface area contributed by atoms with Crippen LogP contribution in [0.15, 0.2) is 54.9 Å². The summed E-state index contributed by atoms with van der Waals surface area (Å²) in [6, 6.07) is 10.6. The van der Waals surface area contributed by atoms with Crippen molar-refractivity contribution in [1.29, 1.82) is 0 Å². The molecule has 172 valence electrons. The molecule has 0 atom stereocenters. The first-order valence-corrected chi connectivity index (χ1v) is 10.4. The van der Waals surface area contributed by atoms with Crippen LogP contribution in [-0.4, -0.2) is 45.5 Å². The molecule has 10 heteroatoms. The van der Waals surface area contributed by atoms with Gasteiger partial charge in [-0.2, -0.15) is 13.2 Å². The van der Waals surface area contributed by atoms with Crippen LogP contribution >= 0.6 is 0 Å². The van der Waals surface area contributed by atoms with E-state index in [2.05, 4.69) is 15.2 Å². The van der Waals surface area contributed by atoms with E-state index in [4.69, 9.17) is 9.84 Å². The first kappa shape index (κ1) is 22.5. The van der Waals surface area contributed by atoms with Gasteiger partial charge in [0.15, 0.2) is 5.82 Å². The summed E-state index contributed by atoms with van der Waals surface area (Å²) in [6.07, 6.45) is -0.711. The highest BCUT2D eigenvalue weighted by Crippen LogP contribution is 2.37. The Morgan fingerprint density at radius 1 is 1.09 bits per heavy atom. The van der Waals surface area contributed by atoms with Crippen molar-refractivity contribution in [3.05, 3.63) is 66.0 Å². The number of piperidine rings is 1. The van der Waals surface area contributed by atoms with E-state index in [0.717, 1.165) is 6.07 Å². The molecule has 3 heterocycles. The highest BCUT2D eigenvalue weighted by atomic mass is 19.4. The second-order valence-electron chi connectivity index (χ2n) is 7.73. The maximum Gasteiger partial charge on any atom is 0.419 e. The maximum absolute atomic E-state index is 13.2. The molecular weight excluding hydrogens is 437 g/mol. The smallest absolute Gasteiger partial charge is 0.419 e. The van der Waals surface area contributed by atoms with E-state index in [0.29, 0.717) is 48.6 Å². The number of para-hydroxylation sites is 1. The minimum absolute atomic E-state index is 0.128. The van der Waals surface area contributed by atoms with Crippen molar-refractivity contribution in [3.63, 3.8) is 0 Å². The van der Waals surface area contributed by atoms with Crippen LogP contribution in [0.1, 0.15) is 24.0 Å². The zero-order valence-corrected chi connectivity index (χ0v) is 17.5. The third-order valence-electron chi connectivity index (χ3n) is 5.35. The van der Waals surface area contributed by atoms with Gasteiger partial charge < -0.3 is 14.7 Å². The van der Waals surface area contributed by atoms with Crippen LogP contribution < -0.4 is 9.64 Å². The highest BCUT2D eigenvalue weighted by Gasteiger charge is 2.35. The Morgan fingerprint density at radius 2 is 1.85 bits per heavy atom. The summed E-state index contributed by atoms with van der Waals surface area (Å²) in [5.41, 5.74) is 1.04. The number of halogens is 3. The number of carbonyl (C=O) groups is 1. The van der Waals surface area contributed by atoms with E-state index in [9.17, 15) is 18.0 Å². The number of aromatic nitrogens is 3. The summed E-state index contributed by atoms with van der Waals surface area (Å²) in [5, 5.41) is 17.4. The summed E-state index contributed by atoms with van der Waals surface area (Å²) in [6.45, 7) is 1.14. The summed E-state index contributed by atoms with van der Waals surface area (Å²) < 4.78 is 45.2. The molecule has 1 saturated heterocycles. The Bertz CT molecular complexity index is 1110. The van der Waals surface area contributed by atoms with E-state index >= 15 is 0 Å². The number of rotatable bonds is 6. The number of ether oxygens (including phenoxy) is 1. The molecule has 0 unspecified atom stereocenters. The SMILES string of the molecule is O=C(O)Cc1cncc(-c2ccc(N3CCC(Oc4ccccc4C(F)(F)F)CC3)nn2)c1.